The van der Waals surface area contributed by atoms with E-state index in [2.05, 4.69) is 10.6 Å². The van der Waals surface area contributed by atoms with E-state index in [4.69, 9.17) is 9.47 Å². The Labute approximate surface area is 165 Å². The monoisotopic (exact) mass is 382 g/mol. The summed E-state index contributed by atoms with van der Waals surface area (Å²) in [5, 5.41) is 5.67. The molecule has 0 aliphatic heterocycles. The Balaban J connectivity index is 1.82. The molecule has 0 atom stereocenters. The first-order valence-corrected chi connectivity index (χ1v) is 9.52. The quantitative estimate of drug-likeness (QED) is 0.728. The zero-order chi connectivity index (χ0) is 20.1. The van der Waals surface area contributed by atoms with Crippen LogP contribution in [0.15, 0.2) is 36.4 Å². The van der Waals surface area contributed by atoms with Gasteiger partial charge in [0.15, 0.2) is 0 Å². The van der Waals surface area contributed by atoms with Gasteiger partial charge in [0.25, 0.3) is 11.8 Å². The fraction of sp³-hybridized carbons (Fsp3) is 0.364. The van der Waals surface area contributed by atoms with E-state index in [0.717, 1.165) is 18.4 Å². The molecule has 0 bridgehead atoms. The molecule has 0 aromatic heterocycles. The molecule has 1 aliphatic carbocycles. The summed E-state index contributed by atoms with van der Waals surface area (Å²) in [6.45, 7) is 4.89. The van der Waals surface area contributed by atoms with Gasteiger partial charge in [-0.1, -0.05) is 6.07 Å². The van der Waals surface area contributed by atoms with Crippen molar-refractivity contribution in [1.82, 2.24) is 5.32 Å². The zero-order valence-corrected chi connectivity index (χ0v) is 16.5. The molecule has 0 spiro atoms. The highest BCUT2D eigenvalue weighted by atomic mass is 16.5. The predicted octanol–water partition coefficient (Wildman–Crippen LogP) is 3.79. The lowest BCUT2D eigenvalue weighted by atomic mass is 10.1. The van der Waals surface area contributed by atoms with Crippen molar-refractivity contribution in [1.29, 1.82) is 0 Å². The molecule has 1 aliphatic rings. The van der Waals surface area contributed by atoms with Crippen molar-refractivity contribution in [3.63, 3.8) is 0 Å². The minimum atomic E-state index is -0.287. The number of aryl methyl sites for hydroxylation is 1. The number of anilines is 1. The number of methoxy groups -OCH3 is 1. The third-order valence-electron chi connectivity index (χ3n) is 4.69. The van der Waals surface area contributed by atoms with Gasteiger partial charge in [-0.15, -0.1) is 0 Å². The molecular weight excluding hydrogens is 356 g/mol. The average molecular weight is 382 g/mol. The van der Waals surface area contributed by atoms with E-state index in [1.807, 2.05) is 19.9 Å². The number of carbonyl (C=O) groups excluding carboxylic acids is 2. The van der Waals surface area contributed by atoms with E-state index in [1.165, 1.54) is 0 Å². The van der Waals surface area contributed by atoms with Crippen LogP contribution < -0.4 is 20.1 Å². The van der Waals surface area contributed by atoms with E-state index in [1.54, 1.807) is 37.4 Å². The fourth-order valence-electron chi connectivity index (χ4n) is 2.78. The van der Waals surface area contributed by atoms with E-state index >= 15 is 0 Å². The first kappa shape index (κ1) is 19.7. The summed E-state index contributed by atoms with van der Waals surface area (Å²) in [4.78, 5) is 25.0. The molecule has 148 valence electrons. The summed E-state index contributed by atoms with van der Waals surface area (Å²) in [5.74, 6) is 1.25. The number of nitrogens with one attached hydrogen (secondary N) is 2. The highest BCUT2D eigenvalue weighted by Crippen LogP contribution is 2.32. The van der Waals surface area contributed by atoms with Crippen LogP contribution in [0, 0.1) is 12.8 Å². The second kappa shape index (κ2) is 8.78. The summed E-state index contributed by atoms with van der Waals surface area (Å²) in [5.41, 5.74) is 2.40. The maximum absolute atomic E-state index is 12.9. The van der Waals surface area contributed by atoms with Gasteiger partial charge < -0.3 is 20.1 Å². The third kappa shape index (κ3) is 4.82. The molecule has 2 N–H and O–H groups in total. The fourth-order valence-corrected chi connectivity index (χ4v) is 2.78. The van der Waals surface area contributed by atoms with Gasteiger partial charge >= 0.3 is 0 Å². The molecule has 1 saturated carbocycles. The highest BCUT2D eigenvalue weighted by Gasteiger charge is 2.23. The Morgan fingerprint density at radius 3 is 2.57 bits per heavy atom. The molecule has 3 rings (SSSR count). The van der Waals surface area contributed by atoms with Crippen molar-refractivity contribution in [2.75, 3.05) is 25.6 Å². The summed E-state index contributed by atoms with van der Waals surface area (Å²) < 4.78 is 11.1. The van der Waals surface area contributed by atoms with Gasteiger partial charge in [0, 0.05) is 23.9 Å². The molecule has 2 aromatic carbocycles. The van der Waals surface area contributed by atoms with Gasteiger partial charge in [0.1, 0.15) is 11.5 Å². The van der Waals surface area contributed by atoms with Crippen LogP contribution in [0.1, 0.15) is 46.0 Å². The van der Waals surface area contributed by atoms with Crippen LogP contribution in [0.25, 0.3) is 0 Å². The lowest BCUT2D eigenvalue weighted by molar-refractivity contribution is 0.0954. The SMILES string of the molecule is CCNC(=O)c1ccc(C)c(NC(=O)c2ccc(OC)cc2OCC2CC2)c1. The summed E-state index contributed by atoms with van der Waals surface area (Å²) in [7, 11) is 1.58. The van der Waals surface area contributed by atoms with E-state index in [0.29, 0.717) is 47.4 Å². The average Bonchev–Trinajstić information content (AvgIpc) is 3.52. The smallest absolute Gasteiger partial charge is 0.259 e. The van der Waals surface area contributed by atoms with Gasteiger partial charge in [0.2, 0.25) is 0 Å². The number of benzene rings is 2. The maximum atomic E-state index is 12.9. The Bertz CT molecular complexity index is 875. The molecule has 1 fully saturated rings. The third-order valence-corrected chi connectivity index (χ3v) is 4.69. The van der Waals surface area contributed by atoms with Gasteiger partial charge in [-0.2, -0.15) is 0 Å². The Morgan fingerprint density at radius 1 is 1.11 bits per heavy atom. The minimum absolute atomic E-state index is 0.170. The molecule has 28 heavy (non-hydrogen) atoms. The van der Waals surface area contributed by atoms with Crippen molar-refractivity contribution >= 4 is 17.5 Å². The Hall–Kier alpha value is -3.02. The number of amides is 2. The Kier molecular flexibility index (Phi) is 6.19. The number of hydrogen-bond acceptors (Lipinski definition) is 4. The Morgan fingerprint density at radius 2 is 1.89 bits per heavy atom. The summed E-state index contributed by atoms with van der Waals surface area (Å²) in [6.07, 6.45) is 2.33. The van der Waals surface area contributed by atoms with Gasteiger partial charge in [-0.3, -0.25) is 9.59 Å². The number of hydrogen-bond donors (Lipinski definition) is 2. The second-order valence-corrected chi connectivity index (χ2v) is 6.96. The van der Waals surface area contributed by atoms with E-state index in [9.17, 15) is 9.59 Å². The van der Waals surface area contributed by atoms with Crippen LogP contribution in [0.4, 0.5) is 5.69 Å². The summed E-state index contributed by atoms with van der Waals surface area (Å²) in [6, 6.07) is 10.4. The van der Waals surface area contributed by atoms with Crippen LogP contribution in [0.5, 0.6) is 11.5 Å². The zero-order valence-electron chi connectivity index (χ0n) is 16.5. The first-order chi connectivity index (χ1) is 13.5. The normalized spacial score (nSPS) is 13.0. The molecular formula is C22H26N2O4. The largest absolute Gasteiger partial charge is 0.497 e. The van der Waals surface area contributed by atoms with Gasteiger partial charge in [-0.25, -0.2) is 0 Å². The summed E-state index contributed by atoms with van der Waals surface area (Å²) >= 11 is 0. The topological polar surface area (TPSA) is 76.7 Å². The van der Waals surface area contributed by atoms with Crippen molar-refractivity contribution < 1.29 is 19.1 Å². The molecule has 0 unspecified atom stereocenters. The molecule has 2 aromatic rings. The van der Waals surface area contributed by atoms with E-state index in [-0.39, 0.29) is 11.8 Å². The second-order valence-electron chi connectivity index (χ2n) is 6.96. The molecule has 0 saturated heterocycles. The standard InChI is InChI=1S/C22H26N2O4/c1-4-23-21(25)16-8-5-14(2)19(11-16)24-22(26)18-10-9-17(27-3)12-20(18)28-13-15-6-7-15/h5,8-12,15H,4,6-7,13H2,1-3H3,(H,23,25)(H,24,26). The number of carbonyl (C=O) groups is 2. The molecule has 0 heterocycles. The van der Waals surface area contributed by atoms with Crippen LogP contribution in [-0.2, 0) is 0 Å². The minimum Gasteiger partial charge on any atom is -0.497 e. The van der Waals surface area contributed by atoms with Crippen molar-refractivity contribution in [3.8, 4) is 11.5 Å². The van der Waals surface area contributed by atoms with Crippen molar-refractivity contribution in [2.24, 2.45) is 5.92 Å². The van der Waals surface area contributed by atoms with E-state index < -0.39 is 0 Å². The number of rotatable bonds is 8. The lowest BCUT2D eigenvalue weighted by Crippen LogP contribution is -2.23. The van der Waals surface area contributed by atoms with Crippen LogP contribution in [0.3, 0.4) is 0 Å². The molecule has 6 heteroatoms. The first-order valence-electron chi connectivity index (χ1n) is 9.52. The predicted molar refractivity (Wildman–Crippen MR) is 108 cm³/mol. The van der Waals surface area contributed by atoms with Crippen LogP contribution in [-0.4, -0.2) is 32.1 Å². The van der Waals surface area contributed by atoms with Crippen LogP contribution in [0.2, 0.25) is 0 Å². The molecule has 0 radical (unpaired) electrons. The van der Waals surface area contributed by atoms with Crippen LogP contribution >= 0.6 is 0 Å². The lowest BCUT2D eigenvalue weighted by Gasteiger charge is -2.14. The van der Waals surface area contributed by atoms with Crippen molar-refractivity contribution in [3.05, 3.63) is 53.1 Å². The molecule has 6 nitrogen and oxygen atoms in total. The van der Waals surface area contributed by atoms with Crippen molar-refractivity contribution in [2.45, 2.75) is 26.7 Å². The maximum Gasteiger partial charge on any atom is 0.259 e. The van der Waals surface area contributed by atoms with Gasteiger partial charge in [0.05, 0.1) is 19.3 Å². The van der Waals surface area contributed by atoms with Gasteiger partial charge in [-0.05, 0) is 62.4 Å². The molecule has 2 amide bonds. The number of ether oxygens (including phenoxy) is 2. The highest BCUT2D eigenvalue weighted by molar-refractivity contribution is 6.07.